The number of fused-ring (bicyclic) bond motifs is 5. The van der Waals surface area contributed by atoms with Gasteiger partial charge in [0.05, 0.1) is 11.4 Å². The summed E-state index contributed by atoms with van der Waals surface area (Å²) in [7, 11) is 0. The van der Waals surface area contributed by atoms with Crippen LogP contribution in [-0.4, -0.2) is 14.4 Å². The van der Waals surface area contributed by atoms with E-state index in [0.717, 1.165) is 28.9 Å². The van der Waals surface area contributed by atoms with Gasteiger partial charge < -0.3 is 10.7 Å². The van der Waals surface area contributed by atoms with Gasteiger partial charge in [0, 0.05) is 30.9 Å². The molecule has 0 unspecified atom stereocenters. The molecule has 0 radical (unpaired) electrons. The average molecular weight is 252 g/mol. The van der Waals surface area contributed by atoms with Crippen molar-refractivity contribution in [2.24, 2.45) is 5.73 Å². The lowest BCUT2D eigenvalue weighted by Gasteiger charge is -2.03. The Labute approximate surface area is 108 Å². The van der Waals surface area contributed by atoms with Crippen LogP contribution in [0.15, 0.2) is 35.4 Å². The average Bonchev–Trinajstić information content (AvgIpc) is 3.02. The molecule has 1 aromatic carbocycles. The highest BCUT2D eigenvalue weighted by atomic mass is 16.1. The molecule has 5 heteroatoms. The fraction of sp³-hybridized carbons (Fsp3) is 0.143. The molecule has 0 aliphatic heterocycles. The standard InChI is InChI=1S/C14H12N4O/c15-7-8-1-2-10-9(5-8)6-11-12(10)17-14(19)13-16-3-4-18(11)13/h1-5H,6-7,15H2,(H,17,19). The molecular weight excluding hydrogens is 240 g/mol. The molecule has 2 aromatic heterocycles. The summed E-state index contributed by atoms with van der Waals surface area (Å²) in [5.74, 6) is 0. The third-order valence-corrected chi connectivity index (χ3v) is 3.69. The van der Waals surface area contributed by atoms with Gasteiger partial charge in [0.25, 0.3) is 5.56 Å². The summed E-state index contributed by atoms with van der Waals surface area (Å²) >= 11 is 0. The van der Waals surface area contributed by atoms with Crippen LogP contribution in [0.5, 0.6) is 0 Å². The molecule has 0 fully saturated rings. The quantitative estimate of drug-likeness (QED) is 0.531. The first kappa shape index (κ1) is 10.5. The van der Waals surface area contributed by atoms with E-state index in [1.54, 1.807) is 6.20 Å². The Balaban J connectivity index is 2.05. The normalized spacial score (nSPS) is 12.7. The van der Waals surface area contributed by atoms with Crippen molar-refractivity contribution in [3.05, 3.63) is 57.8 Å². The van der Waals surface area contributed by atoms with Gasteiger partial charge >= 0.3 is 0 Å². The van der Waals surface area contributed by atoms with Crippen molar-refractivity contribution < 1.29 is 0 Å². The van der Waals surface area contributed by atoms with Gasteiger partial charge in [-0.2, -0.15) is 0 Å². The topological polar surface area (TPSA) is 76.2 Å². The largest absolute Gasteiger partial charge is 0.326 e. The number of nitrogens with two attached hydrogens (primary N) is 1. The molecule has 0 amide bonds. The van der Waals surface area contributed by atoms with Crippen molar-refractivity contribution in [1.82, 2.24) is 14.4 Å². The third kappa shape index (κ3) is 1.33. The Bertz CT molecular complexity index is 859. The fourth-order valence-electron chi connectivity index (χ4n) is 2.79. The summed E-state index contributed by atoms with van der Waals surface area (Å²) in [6, 6.07) is 6.14. The number of nitrogens with one attached hydrogen (secondary N) is 1. The maximum absolute atomic E-state index is 12.0. The van der Waals surface area contributed by atoms with Crippen LogP contribution in [0, 0.1) is 0 Å². The van der Waals surface area contributed by atoms with Crippen LogP contribution in [0.4, 0.5) is 0 Å². The molecular formula is C14H12N4O. The molecule has 3 aromatic rings. The second-order valence-electron chi connectivity index (χ2n) is 4.77. The predicted molar refractivity (Wildman–Crippen MR) is 71.9 cm³/mol. The van der Waals surface area contributed by atoms with Crippen LogP contribution < -0.4 is 11.3 Å². The van der Waals surface area contributed by atoms with Gasteiger partial charge in [-0.15, -0.1) is 0 Å². The molecule has 3 N–H and O–H groups in total. The summed E-state index contributed by atoms with van der Waals surface area (Å²) in [5.41, 5.74) is 11.3. The number of nitrogens with zero attached hydrogens (tertiary/aromatic N) is 2. The molecule has 94 valence electrons. The predicted octanol–water partition coefficient (Wildman–Crippen LogP) is 1.05. The number of hydrogen-bond acceptors (Lipinski definition) is 3. The lowest BCUT2D eigenvalue weighted by atomic mass is 10.1. The highest BCUT2D eigenvalue weighted by Gasteiger charge is 2.23. The minimum atomic E-state index is -0.153. The minimum absolute atomic E-state index is 0.153. The molecule has 0 saturated carbocycles. The zero-order chi connectivity index (χ0) is 13.0. The summed E-state index contributed by atoms with van der Waals surface area (Å²) in [4.78, 5) is 19.0. The van der Waals surface area contributed by atoms with Gasteiger partial charge in [0.1, 0.15) is 0 Å². The molecule has 2 heterocycles. The highest BCUT2D eigenvalue weighted by Crippen LogP contribution is 2.34. The zero-order valence-electron chi connectivity index (χ0n) is 10.2. The second kappa shape index (κ2) is 3.55. The summed E-state index contributed by atoms with van der Waals surface area (Å²) < 4.78 is 1.87. The van der Waals surface area contributed by atoms with E-state index in [1.807, 2.05) is 22.7 Å². The number of benzene rings is 1. The molecule has 0 spiro atoms. The van der Waals surface area contributed by atoms with E-state index < -0.39 is 0 Å². The first-order chi connectivity index (χ1) is 9.28. The van der Waals surface area contributed by atoms with Crippen LogP contribution in [0.1, 0.15) is 16.8 Å². The minimum Gasteiger partial charge on any atom is -0.326 e. The monoisotopic (exact) mass is 252 g/mol. The summed E-state index contributed by atoms with van der Waals surface area (Å²) in [5, 5.41) is 0. The van der Waals surface area contributed by atoms with Crippen molar-refractivity contribution >= 4 is 5.65 Å². The van der Waals surface area contributed by atoms with Crippen LogP contribution in [0.25, 0.3) is 16.9 Å². The van der Waals surface area contributed by atoms with Crippen LogP contribution >= 0.6 is 0 Å². The van der Waals surface area contributed by atoms with Crippen molar-refractivity contribution in [3.8, 4) is 11.3 Å². The van der Waals surface area contributed by atoms with E-state index in [4.69, 9.17) is 5.73 Å². The van der Waals surface area contributed by atoms with Crippen LogP contribution in [0.2, 0.25) is 0 Å². The van der Waals surface area contributed by atoms with E-state index in [2.05, 4.69) is 16.0 Å². The van der Waals surface area contributed by atoms with Gasteiger partial charge in [-0.3, -0.25) is 9.20 Å². The molecule has 4 rings (SSSR count). The first-order valence-electron chi connectivity index (χ1n) is 6.18. The van der Waals surface area contributed by atoms with Crippen LogP contribution in [-0.2, 0) is 13.0 Å². The van der Waals surface area contributed by atoms with Crippen molar-refractivity contribution in [2.75, 3.05) is 0 Å². The van der Waals surface area contributed by atoms with Gasteiger partial charge in [0.2, 0.25) is 5.65 Å². The molecule has 1 aliphatic carbocycles. The Morgan fingerprint density at radius 1 is 1.42 bits per heavy atom. The molecule has 0 bridgehead atoms. The van der Waals surface area contributed by atoms with Crippen molar-refractivity contribution in [1.29, 1.82) is 0 Å². The SMILES string of the molecule is NCc1ccc2c(c1)Cc1c-2[nH]c(=O)c2nccn12. The zero-order valence-corrected chi connectivity index (χ0v) is 10.2. The lowest BCUT2D eigenvalue weighted by molar-refractivity contribution is 0.998. The number of aromatic nitrogens is 3. The molecule has 0 atom stereocenters. The Hall–Kier alpha value is -2.40. The number of rotatable bonds is 1. The molecule has 0 saturated heterocycles. The summed E-state index contributed by atoms with van der Waals surface area (Å²) in [6.07, 6.45) is 4.28. The van der Waals surface area contributed by atoms with Gasteiger partial charge in [-0.25, -0.2) is 4.98 Å². The summed E-state index contributed by atoms with van der Waals surface area (Å²) in [6.45, 7) is 0.528. The fourth-order valence-corrected chi connectivity index (χ4v) is 2.79. The number of hydrogen-bond donors (Lipinski definition) is 2. The Morgan fingerprint density at radius 2 is 2.32 bits per heavy atom. The number of aromatic amines is 1. The van der Waals surface area contributed by atoms with Crippen molar-refractivity contribution in [2.45, 2.75) is 13.0 Å². The van der Waals surface area contributed by atoms with Gasteiger partial charge in [-0.1, -0.05) is 18.2 Å². The van der Waals surface area contributed by atoms with E-state index in [9.17, 15) is 4.79 Å². The third-order valence-electron chi connectivity index (χ3n) is 3.69. The van der Waals surface area contributed by atoms with E-state index in [1.165, 1.54) is 5.56 Å². The molecule has 5 nitrogen and oxygen atoms in total. The van der Waals surface area contributed by atoms with Gasteiger partial charge in [0.15, 0.2) is 0 Å². The molecule has 19 heavy (non-hydrogen) atoms. The maximum atomic E-state index is 12.0. The highest BCUT2D eigenvalue weighted by molar-refractivity contribution is 5.73. The van der Waals surface area contributed by atoms with Gasteiger partial charge in [-0.05, 0) is 11.1 Å². The Morgan fingerprint density at radius 3 is 3.16 bits per heavy atom. The second-order valence-corrected chi connectivity index (χ2v) is 4.77. The Kier molecular flexibility index (Phi) is 1.97. The van der Waals surface area contributed by atoms with E-state index >= 15 is 0 Å². The maximum Gasteiger partial charge on any atom is 0.292 e. The van der Waals surface area contributed by atoms with E-state index in [0.29, 0.717) is 12.2 Å². The lowest BCUT2D eigenvalue weighted by Crippen LogP contribution is -2.13. The number of H-pyrrole nitrogens is 1. The molecule has 1 aliphatic rings. The smallest absolute Gasteiger partial charge is 0.292 e. The first-order valence-corrected chi connectivity index (χ1v) is 6.18. The van der Waals surface area contributed by atoms with Crippen molar-refractivity contribution in [3.63, 3.8) is 0 Å². The number of imidazole rings is 1. The van der Waals surface area contributed by atoms with E-state index in [-0.39, 0.29) is 5.56 Å². The van der Waals surface area contributed by atoms with Crippen LogP contribution in [0.3, 0.4) is 0 Å².